The fourth-order valence-corrected chi connectivity index (χ4v) is 6.59. The van der Waals surface area contributed by atoms with Crippen LogP contribution in [-0.4, -0.2) is 46.0 Å². The van der Waals surface area contributed by atoms with E-state index in [0.29, 0.717) is 34.5 Å². The summed E-state index contributed by atoms with van der Waals surface area (Å²) in [5.74, 6) is 0.829. The number of para-hydroxylation sites is 2. The fourth-order valence-electron chi connectivity index (χ4n) is 5.15. The molecule has 0 radical (unpaired) electrons. The van der Waals surface area contributed by atoms with Crippen LogP contribution in [0.25, 0.3) is 16.9 Å². The van der Waals surface area contributed by atoms with Gasteiger partial charge in [0.1, 0.15) is 18.1 Å². The average molecular weight is 610 g/mol. The van der Waals surface area contributed by atoms with E-state index in [1.165, 1.54) is 16.7 Å². The number of methoxy groups -OCH3 is 1. The molecule has 1 aliphatic rings. The van der Waals surface area contributed by atoms with Gasteiger partial charge in [-0.15, -0.1) is 11.8 Å². The number of aromatic nitrogens is 3. The number of nitrogens with one attached hydrogen (secondary N) is 1. The first-order valence-corrected chi connectivity index (χ1v) is 15.1. The summed E-state index contributed by atoms with van der Waals surface area (Å²) in [6.07, 6.45) is 3.35. The van der Waals surface area contributed by atoms with Crippen molar-refractivity contribution in [1.82, 2.24) is 20.1 Å². The van der Waals surface area contributed by atoms with E-state index in [1.54, 1.807) is 30.3 Å². The molecule has 10 heteroatoms. The van der Waals surface area contributed by atoms with Crippen LogP contribution in [0, 0.1) is 0 Å². The van der Waals surface area contributed by atoms with Crippen LogP contribution in [0.3, 0.4) is 0 Å². The minimum Gasteiger partial charge on any atom is -0.496 e. The highest BCUT2D eigenvalue weighted by atomic mass is 35.5. The summed E-state index contributed by atoms with van der Waals surface area (Å²) in [4.78, 5) is 32.9. The predicted octanol–water partition coefficient (Wildman–Crippen LogP) is 6.08. The second-order valence-corrected chi connectivity index (χ2v) is 11.4. The number of hydrogen-bond acceptors (Lipinski definition) is 6. The molecule has 1 atom stereocenters. The van der Waals surface area contributed by atoms with Gasteiger partial charge in [0.15, 0.2) is 0 Å². The highest BCUT2D eigenvalue weighted by Gasteiger charge is 2.38. The summed E-state index contributed by atoms with van der Waals surface area (Å²) in [5, 5.41) is 8.18. The number of ether oxygens (including phenoxy) is 1. The van der Waals surface area contributed by atoms with Crippen LogP contribution in [0.2, 0.25) is 5.02 Å². The molecule has 1 N–H and O–H groups in total. The lowest BCUT2D eigenvalue weighted by molar-refractivity contribution is -0.123. The second kappa shape index (κ2) is 12.7. The van der Waals surface area contributed by atoms with Crippen LogP contribution in [0.5, 0.6) is 5.75 Å². The van der Waals surface area contributed by atoms with Crippen molar-refractivity contribution < 1.29 is 14.3 Å². The van der Waals surface area contributed by atoms with E-state index in [-0.39, 0.29) is 29.4 Å². The molecule has 0 saturated heterocycles. The number of carbonyl (C=O) groups excluding carboxylic acids is 2. The largest absolute Gasteiger partial charge is 0.496 e. The van der Waals surface area contributed by atoms with Gasteiger partial charge in [-0.25, -0.2) is 4.68 Å². The van der Waals surface area contributed by atoms with E-state index in [0.717, 1.165) is 22.3 Å². The van der Waals surface area contributed by atoms with Gasteiger partial charge >= 0.3 is 0 Å². The molecule has 0 unspecified atom stereocenters. The minimum atomic E-state index is -0.327. The Bertz CT molecular complexity index is 1760. The van der Waals surface area contributed by atoms with Crippen molar-refractivity contribution in [1.29, 1.82) is 0 Å². The van der Waals surface area contributed by atoms with Crippen molar-refractivity contribution in [3.8, 4) is 22.7 Å². The second-order valence-electron chi connectivity index (χ2n) is 9.86. The van der Waals surface area contributed by atoms with Gasteiger partial charge in [0.25, 0.3) is 0 Å². The van der Waals surface area contributed by atoms with Gasteiger partial charge in [0.05, 0.1) is 34.5 Å². The smallest absolute Gasteiger partial charge is 0.240 e. The Morgan fingerprint density at radius 2 is 1.72 bits per heavy atom. The van der Waals surface area contributed by atoms with Gasteiger partial charge in [-0.05, 0) is 35.9 Å². The molecule has 0 aliphatic carbocycles. The predicted molar refractivity (Wildman–Crippen MR) is 170 cm³/mol. The summed E-state index contributed by atoms with van der Waals surface area (Å²) in [6, 6.07) is 28.6. The third-order valence-corrected chi connectivity index (χ3v) is 8.74. The summed E-state index contributed by atoms with van der Waals surface area (Å²) >= 11 is 8.22. The third-order valence-electron chi connectivity index (χ3n) is 7.18. The monoisotopic (exact) mass is 609 g/mol. The Balaban J connectivity index is 1.55. The van der Waals surface area contributed by atoms with Crippen molar-refractivity contribution in [3.05, 3.63) is 125 Å². The van der Waals surface area contributed by atoms with Crippen LogP contribution >= 0.6 is 23.4 Å². The van der Waals surface area contributed by atoms with Crippen LogP contribution in [0.15, 0.2) is 103 Å². The Hall–Kier alpha value is -4.60. The van der Waals surface area contributed by atoms with Gasteiger partial charge < -0.3 is 10.1 Å². The van der Waals surface area contributed by atoms with E-state index in [2.05, 4.69) is 10.3 Å². The molecule has 0 spiro atoms. The van der Waals surface area contributed by atoms with E-state index >= 15 is 0 Å². The maximum Gasteiger partial charge on any atom is 0.240 e. The summed E-state index contributed by atoms with van der Waals surface area (Å²) in [5.41, 5.74) is 4.78. The lowest BCUT2D eigenvalue weighted by Crippen LogP contribution is -2.42. The fraction of sp³-hybridized carbons (Fsp3) is 0.152. The zero-order valence-electron chi connectivity index (χ0n) is 23.3. The van der Waals surface area contributed by atoms with Crippen molar-refractivity contribution in [3.63, 3.8) is 0 Å². The van der Waals surface area contributed by atoms with E-state index in [9.17, 15) is 9.59 Å². The molecule has 0 bridgehead atoms. The van der Waals surface area contributed by atoms with Crippen molar-refractivity contribution in [2.24, 2.45) is 0 Å². The zero-order chi connectivity index (χ0) is 29.8. The first-order valence-electron chi connectivity index (χ1n) is 13.7. The summed E-state index contributed by atoms with van der Waals surface area (Å²) < 4.78 is 7.47. The van der Waals surface area contributed by atoms with Crippen molar-refractivity contribution >= 4 is 41.0 Å². The van der Waals surface area contributed by atoms with Crippen molar-refractivity contribution in [2.45, 2.75) is 11.8 Å². The SMILES string of the molecule is COc1ccccc1[C@@H]1SCC(=O)N(CC(=O)NCc2ccncc2)c2c1c(-c1ccccc1)nn2-c1ccccc1Cl. The van der Waals surface area contributed by atoms with Gasteiger partial charge in [-0.2, -0.15) is 5.10 Å². The topological polar surface area (TPSA) is 89.3 Å². The molecule has 0 saturated carbocycles. The summed E-state index contributed by atoms with van der Waals surface area (Å²) in [6.45, 7) is 0.119. The van der Waals surface area contributed by atoms with E-state index in [1.807, 2.05) is 84.9 Å². The Morgan fingerprint density at radius 3 is 2.49 bits per heavy atom. The zero-order valence-corrected chi connectivity index (χ0v) is 24.9. The van der Waals surface area contributed by atoms with Crippen LogP contribution in [-0.2, 0) is 16.1 Å². The number of thioether (sulfide) groups is 1. The van der Waals surface area contributed by atoms with Gasteiger partial charge in [0, 0.05) is 35.6 Å². The first-order chi connectivity index (χ1) is 21.0. The molecule has 216 valence electrons. The molecular formula is C33H28ClN5O3S. The molecule has 2 amide bonds. The molecule has 5 aromatic rings. The maximum atomic E-state index is 13.9. The van der Waals surface area contributed by atoms with Crippen LogP contribution < -0.4 is 15.0 Å². The normalized spacial score (nSPS) is 14.6. The number of amides is 2. The number of hydrogen-bond donors (Lipinski definition) is 1. The number of pyridine rings is 1. The summed E-state index contributed by atoms with van der Waals surface area (Å²) in [7, 11) is 1.64. The molecule has 1 aliphatic heterocycles. The molecule has 3 heterocycles. The van der Waals surface area contributed by atoms with E-state index < -0.39 is 0 Å². The van der Waals surface area contributed by atoms with Crippen molar-refractivity contribution in [2.75, 3.05) is 24.3 Å². The lowest BCUT2D eigenvalue weighted by atomic mass is 9.99. The Labute approximate surface area is 258 Å². The lowest BCUT2D eigenvalue weighted by Gasteiger charge is -2.24. The van der Waals surface area contributed by atoms with E-state index in [4.69, 9.17) is 21.4 Å². The number of fused-ring (bicyclic) bond motifs is 1. The molecule has 2 aromatic heterocycles. The highest BCUT2D eigenvalue weighted by molar-refractivity contribution is 8.00. The molecular weight excluding hydrogens is 582 g/mol. The number of carbonyl (C=O) groups is 2. The molecule has 43 heavy (non-hydrogen) atoms. The average Bonchev–Trinajstić information content (AvgIpc) is 3.37. The van der Waals surface area contributed by atoms with Gasteiger partial charge in [-0.1, -0.05) is 72.3 Å². The third kappa shape index (κ3) is 5.86. The highest BCUT2D eigenvalue weighted by Crippen LogP contribution is 2.50. The molecule has 3 aromatic carbocycles. The van der Waals surface area contributed by atoms with Gasteiger partial charge in [0.2, 0.25) is 11.8 Å². The Kier molecular flexibility index (Phi) is 8.44. The van der Waals surface area contributed by atoms with Crippen LogP contribution in [0.4, 0.5) is 5.82 Å². The molecule has 8 nitrogen and oxygen atoms in total. The number of rotatable bonds is 8. The number of nitrogens with zero attached hydrogens (tertiary/aromatic N) is 4. The number of anilines is 1. The van der Waals surface area contributed by atoms with Crippen LogP contribution in [0.1, 0.15) is 21.9 Å². The van der Waals surface area contributed by atoms with Gasteiger partial charge in [-0.3, -0.25) is 19.5 Å². The minimum absolute atomic E-state index is 0.145. The maximum absolute atomic E-state index is 13.9. The quantitative estimate of drug-likeness (QED) is 0.229. The number of halogens is 1. The Morgan fingerprint density at radius 1 is 1.00 bits per heavy atom. The molecule has 0 fully saturated rings. The molecule has 6 rings (SSSR count). The number of benzene rings is 3. The standard InChI is InChI=1S/C33H28ClN5O3S/c1-42-27-14-8-5-11-24(27)32-30-31(23-9-3-2-4-10-23)37-39(26-13-7-6-12-25(26)34)33(30)38(29(41)21-43-32)20-28(40)36-19-22-15-17-35-18-16-22/h2-18,32H,19-21H2,1H3,(H,36,40)/t32-/m0/s1. The first kappa shape index (κ1) is 28.5.